The number of amides is 1. The number of aliphatic imine (C=N–C) groups is 1. The Morgan fingerprint density at radius 3 is 2.10 bits per heavy atom. The maximum absolute atomic E-state index is 14.7. The summed E-state index contributed by atoms with van der Waals surface area (Å²) in [7, 11) is 0. The van der Waals surface area contributed by atoms with Gasteiger partial charge in [-0.15, -0.1) is 0 Å². The minimum absolute atomic E-state index is 0.000160. The van der Waals surface area contributed by atoms with Crippen LogP contribution in [0.1, 0.15) is 74.0 Å². The highest BCUT2D eigenvalue weighted by Crippen LogP contribution is 2.45. The van der Waals surface area contributed by atoms with Gasteiger partial charge in [-0.05, 0) is 92.8 Å². The van der Waals surface area contributed by atoms with Gasteiger partial charge in [-0.1, -0.05) is 101 Å². The van der Waals surface area contributed by atoms with Crippen LogP contribution in [-0.4, -0.2) is 53.8 Å². The van der Waals surface area contributed by atoms with Crippen molar-refractivity contribution in [2.45, 2.75) is 76.9 Å². The quantitative estimate of drug-likeness (QED) is 0.0399. The van der Waals surface area contributed by atoms with E-state index in [1.54, 1.807) is 45.0 Å². The second-order valence-corrected chi connectivity index (χ2v) is 16.2. The van der Waals surface area contributed by atoms with Gasteiger partial charge in [0, 0.05) is 41.6 Å². The van der Waals surface area contributed by atoms with Gasteiger partial charge in [-0.2, -0.15) is 0 Å². The Hall–Kier alpha value is -5.69. The fourth-order valence-corrected chi connectivity index (χ4v) is 7.08. The van der Waals surface area contributed by atoms with E-state index in [2.05, 4.69) is 26.8 Å². The monoisotopic (exact) mass is 877 g/mol. The Labute approximate surface area is 360 Å². The molecule has 1 heterocycles. The predicted octanol–water partition coefficient (Wildman–Crippen LogP) is 8.61. The summed E-state index contributed by atoms with van der Waals surface area (Å²) < 4.78 is 31.2. The average Bonchev–Trinajstić information content (AvgIpc) is 3.64. The van der Waals surface area contributed by atoms with Crippen molar-refractivity contribution in [3.05, 3.63) is 160 Å². The van der Waals surface area contributed by atoms with Crippen LogP contribution in [0, 0.1) is 0 Å². The summed E-state index contributed by atoms with van der Waals surface area (Å²) in [5.41, 5.74) is 8.10. The van der Waals surface area contributed by atoms with Crippen LogP contribution in [0.3, 0.4) is 0 Å². The highest BCUT2D eigenvalue weighted by atomic mass is 79.9. The van der Waals surface area contributed by atoms with E-state index in [4.69, 9.17) is 33.8 Å². The highest BCUT2D eigenvalue weighted by molar-refractivity contribution is 9.10. The topological polar surface area (TPSA) is 137 Å². The van der Waals surface area contributed by atoms with Crippen LogP contribution in [0.2, 0.25) is 0 Å². The van der Waals surface area contributed by atoms with Crippen molar-refractivity contribution in [3.63, 3.8) is 0 Å². The Balaban J connectivity index is 1.22. The van der Waals surface area contributed by atoms with Crippen LogP contribution in [0.25, 0.3) is 0 Å². The Bertz CT molecular complexity index is 2200. The summed E-state index contributed by atoms with van der Waals surface area (Å²) >= 11 is 3.67. The molecule has 1 aliphatic heterocycles. The van der Waals surface area contributed by atoms with Gasteiger partial charge in [0.05, 0.1) is 6.61 Å². The summed E-state index contributed by atoms with van der Waals surface area (Å²) in [6, 6.07) is 40.4. The van der Waals surface area contributed by atoms with Gasteiger partial charge in [0.15, 0.2) is 23.1 Å². The number of carbonyl (C=O) groups is 2. The predicted molar refractivity (Wildman–Crippen MR) is 234 cm³/mol. The molecule has 0 bridgehead atoms. The molecule has 6 rings (SSSR count). The second kappa shape index (κ2) is 21.0. The van der Waals surface area contributed by atoms with Gasteiger partial charge >= 0.3 is 5.97 Å². The van der Waals surface area contributed by atoms with E-state index >= 15 is 0 Å². The van der Waals surface area contributed by atoms with E-state index < -0.39 is 29.1 Å². The molecule has 314 valence electrons. The molecule has 11 nitrogen and oxygen atoms in total. The molecule has 12 heteroatoms. The van der Waals surface area contributed by atoms with Crippen LogP contribution >= 0.6 is 15.9 Å². The number of halogens is 1. The molecular weight excluding hydrogens is 826 g/mol. The van der Waals surface area contributed by atoms with Gasteiger partial charge in [0.2, 0.25) is 5.90 Å². The third-order valence-electron chi connectivity index (χ3n) is 9.57. The Morgan fingerprint density at radius 1 is 0.800 bits per heavy atom. The molecule has 0 unspecified atom stereocenters. The molecule has 60 heavy (non-hydrogen) atoms. The number of rotatable bonds is 20. The van der Waals surface area contributed by atoms with Crippen LogP contribution in [0.4, 0.5) is 0 Å². The summed E-state index contributed by atoms with van der Waals surface area (Å²) in [4.78, 5) is 32.8. The van der Waals surface area contributed by atoms with Gasteiger partial charge in [0.25, 0.3) is 5.91 Å². The van der Waals surface area contributed by atoms with Crippen molar-refractivity contribution < 1.29 is 38.4 Å². The fourth-order valence-electron chi connectivity index (χ4n) is 6.59. The summed E-state index contributed by atoms with van der Waals surface area (Å²) in [5, 5.41) is 9.14. The van der Waals surface area contributed by atoms with E-state index in [1.165, 1.54) is 0 Å². The van der Waals surface area contributed by atoms with Crippen LogP contribution in [0.15, 0.2) is 137 Å². The molecule has 3 N–H and O–H groups in total. The SMILES string of the molecule is CC(C)(C)OC(=O)CC[C@]1(C(=O)NNCCc2ccc(OCc3ccccc3)c(OCc3ccccc3)c2)N=C(c2ccc(OCCCO)cc2)O[C@H]1c1ccccc1Br. The molecule has 5 aromatic carbocycles. The first kappa shape index (κ1) is 43.9. The molecule has 1 aliphatic rings. The number of carbonyl (C=O) groups excluding carboxylic acids is 2. The maximum atomic E-state index is 14.7. The third kappa shape index (κ3) is 12.2. The molecule has 0 radical (unpaired) electrons. The van der Waals surface area contributed by atoms with Gasteiger partial charge in [-0.25, -0.2) is 10.4 Å². The third-order valence-corrected chi connectivity index (χ3v) is 10.3. The molecule has 0 saturated heterocycles. The van der Waals surface area contributed by atoms with E-state index in [1.807, 2.05) is 103 Å². The zero-order valence-corrected chi connectivity index (χ0v) is 35.8. The lowest BCUT2D eigenvalue weighted by molar-refractivity contribution is -0.155. The summed E-state index contributed by atoms with van der Waals surface area (Å²) in [5.74, 6) is 1.18. The van der Waals surface area contributed by atoms with Crippen molar-refractivity contribution in [1.82, 2.24) is 10.9 Å². The zero-order chi connectivity index (χ0) is 42.4. The van der Waals surface area contributed by atoms with E-state index in [9.17, 15) is 9.59 Å². The molecule has 5 aromatic rings. The van der Waals surface area contributed by atoms with Crippen LogP contribution in [0.5, 0.6) is 17.2 Å². The zero-order valence-electron chi connectivity index (χ0n) is 34.2. The van der Waals surface area contributed by atoms with Crippen molar-refractivity contribution in [2.75, 3.05) is 19.8 Å². The van der Waals surface area contributed by atoms with Crippen LogP contribution < -0.4 is 25.1 Å². The van der Waals surface area contributed by atoms with E-state index in [0.717, 1.165) is 21.2 Å². The van der Waals surface area contributed by atoms with Gasteiger partial charge < -0.3 is 28.8 Å². The lowest BCUT2D eigenvalue weighted by Gasteiger charge is -2.31. The molecule has 1 amide bonds. The molecule has 0 aromatic heterocycles. The van der Waals surface area contributed by atoms with Gasteiger partial charge in [-0.3, -0.25) is 15.0 Å². The molecule has 0 fully saturated rings. The lowest BCUT2D eigenvalue weighted by atomic mass is 9.83. The minimum atomic E-state index is -1.57. The first-order valence-corrected chi connectivity index (χ1v) is 20.9. The van der Waals surface area contributed by atoms with Crippen molar-refractivity contribution in [1.29, 1.82) is 0 Å². The van der Waals surface area contributed by atoms with E-state index in [0.29, 0.717) is 67.6 Å². The molecule has 0 aliphatic carbocycles. The number of hydrogen-bond donors (Lipinski definition) is 3. The summed E-state index contributed by atoms with van der Waals surface area (Å²) in [6.45, 7) is 6.94. The van der Waals surface area contributed by atoms with Gasteiger partial charge in [0.1, 0.15) is 24.6 Å². The van der Waals surface area contributed by atoms with Crippen molar-refractivity contribution >= 4 is 33.7 Å². The molecule has 0 spiro atoms. The maximum Gasteiger partial charge on any atom is 0.306 e. The largest absolute Gasteiger partial charge is 0.494 e. The molecule has 2 atom stereocenters. The average molecular weight is 879 g/mol. The number of aliphatic hydroxyl groups is 1. The highest BCUT2D eigenvalue weighted by Gasteiger charge is 2.54. The van der Waals surface area contributed by atoms with Crippen molar-refractivity contribution in [2.24, 2.45) is 4.99 Å². The second-order valence-electron chi connectivity index (χ2n) is 15.4. The number of ether oxygens (including phenoxy) is 5. The minimum Gasteiger partial charge on any atom is -0.494 e. The standard InChI is InChI=1S/C48H52BrN3O8/c1-47(2,3)60-43(54)25-27-48(44(39-17-10-11-18-40(39)49)59-45(51-48)37-20-22-38(23-21-37)56-30-12-29-53)46(55)52-50-28-26-34-19-24-41(57-32-35-13-6-4-7-14-35)42(31-34)58-33-36-15-8-5-9-16-36/h4-11,13-24,31,44,50,53H,12,25-30,32-33H2,1-3H3,(H,52,55)/t44-,48-/m0/s1. The molecule has 0 saturated carbocycles. The number of nitrogens with zero attached hydrogens (tertiary/aromatic N) is 1. The number of hydrogen-bond acceptors (Lipinski definition) is 10. The van der Waals surface area contributed by atoms with E-state index in [-0.39, 0.29) is 25.3 Å². The number of nitrogens with one attached hydrogen (secondary N) is 2. The first-order chi connectivity index (χ1) is 29.0. The Kier molecular flexibility index (Phi) is 15.4. The van der Waals surface area contributed by atoms with Crippen LogP contribution in [-0.2, 0) is 38.7 Å². The normalized spacial score (nSPS) is 16.0. The fraction of sp³-hybridized carbons (Fsp3) is 0.312. The number of esters is 1. The first-order valence-electron chi connectivity index (χ1n) is 20.1. The lowest BCUT2D eigenvalue weighted by Crippen LogP contribution is -2.53. The van der Waals surface area contributed by atoms with Crippen molar-refractivity contribution in [3.8, 4) is 17.2 Å². The molecular formula is C48H52BrN3O8. The number of hydrazine groups is 1. The number of benzene rings is 5. The Morgan fingerprint density at radius 2 is 1.45 bits per heavy atom. The summed E-state index contributed by atoms with van der Waals surface area (Å²) in [6.07, 6.45) is 0.0562. The smallest absolute Gasteiger partial charge is 0.306 e. The number of aliphatic hydroxyl groups excluding tert-OH is 1.